The maximum atomic E-state index is 11.9. The first-order chi connectivity index (χ1) is 8.79. The second kappa shape index (κ2) is 4.73. The highest BCUT2D eigenvalue weighted by atomic mass is 16.5. The van der Waals surface area contributed by atoms with Crippen LogP contribution < -0.4 is 0 Å². The number of fused-ring (bicyclic) bond motifs is 2. The number of nitrogens with zero attached hydrogens (tertiary/aromatic N) is 1. The number of benzene rings is 1. The van der Waals surface area contributed by atoms with Crippen LogP contribution in [0.5, 0.6) is 0 Å². The van der Waals surface area contributed by atoms with E-state index < -0.39 is 0 Å². The number of carbonyl (C=O) groups is 1. The van der Waals surface area contributed by atoms with Gasteiger partial charge in [-0.15, -0.1) is 0 Å². The summed E-state index contributed by atoms with van der Waals surface area (Å²) in [6.07, 6.45) is 3.56. The molecule has 2 bridgehead atoms. The third kappa shape index (κ3) is 1.93. The van der Waals surface area contributed by atoms with E-state index in [1.54, 1.807) is 0 Å². The van der Waals surface area contributed by atoms with Crippen LogP contribution in [-0.4, -0.2) is 30.1 Å². The first-order valence-electron chi connectivity index (χ1n) is 6.67. The SMILES string of the molecule is COC(=O)[C@@H]1[C@@H]2CC[C@@H](C2)N1Cc1ccccc1. The van der Waals surface area contributed by atoms with Gasteiger partial charge in [-0.3, -0.25) is 9.69 Å². The second-order valence-corrected chi connectivity index (χ2v) is 5.35. The first-order valence-corrected chi connectivity index (χ1v) is 6.67. The van der Waals surface area contributed by atoms with Crippen molar-refractivity contribution in [3.8, 4) is 0 Å². The van der Waals surface area contributed by atoms with E-state index in [0.717, 1.165) is 13.0 Å². The Morgan fingerprint density at radius 1 is 1.33 bits per heavy atom. The number of ether oxygens (including phenoxy) is 1. The zero-order chi connectivity index (χ0) is 12.5. The number of hydrogen-bond acceptors (Lipinski definition) is 3. The largest absolute Gasteiger partial charge is 0.468 e. The quantitative estimate of drug-likeness (QED) is 0.765. The summed E-state index contributed by atoms with van der Waals surface area (Å²) in [5.74, 6) is 0.448. The van der Waals surface area contributed by atoms with E-state index in [9.17, 15) is 4.79 Å². The molecule has 2 aliphatic rings. The Labute approximate surface area is 108 Å². The van der Waals surface area contributed by atoms with Crippen LogP contribution in [0, 0.1) is 5.92 Å². The fraction of sp³-hybridized carbons (Fsp3) is 0.533. The molecule has 1 heterocycles. The van der Waals surface area contributed by atoms with Gasteiger partial charge in [0.1, 0.15) is 6.04 Å². The molecule has 1 saturated carbocycles. The van der Waals surface area contributed by atoms with Gasteiger partial charge in [0.05, 0.1) is 7.11 Å². The van der Waals surface area contributed by atoms with Crippen molar-refractivity contribution < 1.29 is 9.53 Å². The third-order valence-corrected chi connectivity index (χ3v) is 4.37. The zero-order valence-corrected chi connectivity index (χ0v) is 10.7. The molecule has 0 spiro atoms. The molecule has 1 aromatic rings. The summed E-state index contributed by atoms with van der Waals surface area (Å²) in [5, 5.41) is 0. The van der Waals surface area contributed by atoms with Crippen molar-refractivity contribution in [1.82, 2.24) is 4.90 Å². The Morgan fingerprint density at radius 2 is 2.11 bits per heavy atom. The average molecular weight is 245 g/mol. The summed E-state index contributed by atoms with van der Waals surface area (Å²) in [4.78, 5) is 14.3. The minimum atomic E-state index is -0.0573. The Kier molecular flexibility index (Phi) is 3.08. The number of hydrogen-bond donors (Lipinski definition) is 0. The van der Waals surface area contributed by atoms with Crippen LogP contribution in [0.25, 0.3) is 0 Å². The molecule has 3 nitrogen and oxygen atoms in total. The van der Waals surface area contributed by atoms with E-state index in [4.69, 9.17) is 4.74 Å². The smallest absolute Gasteiger partial charge is 0.323 e. The molecule has 0 amide bonds. The van der Waals surface area contributed by atoms with Crippen LogP contribution in [0.1, 0.15) is 24.8 Å². The van der Waals surface area contributed by atoms with Crippen LogP contribution in [-0.2, 0) is 16.1 Å². The van der Waals surface area contributed by atoms with Crippen molar-refractivity contribution in [3.63, 3.8) is 0 Å². The van der Waals surface area contributed by atoms with Crippen LogP contribution >= 0.6 is 0 Å². The van der Waals surface area contributed by atoms with E-state index in [0.29, 0.717) is 12.0 Å². The molecule has 1 aliphatic carbocycles. The number of carbonyl (C=O) groups excluding carboxylic acids is 1. The van der Waals surface area contributed by atoms with Crippen molar-refractivity contribution in [2.75, 3.05) is 7.11 Å². The summed E-state index contributed by atoms with van der Waals surface area (Å²) in [7, 11) is 1.50. The molecule has 3 rings (SSSR count). The Hall–Kier alpha value is -1.35. The summed E-state index contributed by atoms with van der Waals surface area (Å²) in [6, 6.07) is 10.9. The van der Waals surface area contributed by atoms with Crippen LogP contribution in [0.2, 0.25) is 0 Å². The molecule has 1 aromatic carbocycles. The normalized spacial score (nSPS) is 30.6. The summed E-state index contributed by atoms with van der Waals surface area (Å²) in [5.41, 5.74) is 1.28. The molecule has 1 aliphatic heterocycles. The number of likely N-dealkylation sites (tertiary alicyclic amines) is 1. The van der Waals surface area contributed by atoms with Gasteiger partial charge >= 0.3 is 5.97 Å². The standard InChI is InChI=1S/C15H19NO2/c1-18-15(17)14-12-7-8-13(9-12)16(14)10-11-5-3-2-4-6-11/h2-6,12-14H,7-10H2,1H3/t12-,13+,14+/m1/s1. The molecule has 0 N–H and O–H groups in total. The van der Waals surface area contributed by atoms with E-state index in [2.05, 4.69) is 29.2 Å². The fourth-order valence-electron chi connectivity index (χ4n) is 3.55. The summed E-state index contributed by atoms with van der Waals surface area (Å²) in [6.45, 7) is 0.863. The first kappa shape index (κ1) is 11.7. The Balaban J connectivity index is 1.79. The molecule has 18 heavy (non-hydrogen) atoms. The number of esters is 1. The lowest BCUT2D eigenvalue weighted by Gasteiger charge is -2.33. The lowest BCUT2D eigenvalue weighted by atomic mass is 9.98. The molecule has 0 radical (unpaired) electrons. The molecule has 3 atom stereocenters. The Bertz CT molecular complexity index is 431. The van der Waals surface area contributed by atoms with E-state index in [1.807, 2.05) is 6.07 Å². The minimum absolute atomic E-state index is 0.0195. The lowest BCUT2D eigenvalue weighted by molar-refractivity contribution is -0.149. The van der Waals surface area contributed by atoms with E-state index in [1.165, 1.54) is 25.5 Å². The van der Waals surface area contributed by atoms with Gasteiger partial charge in [0.2, 0.25) is 0 Å². The van der Waals surface area contributed by atoms with Gasteiger partial charge in [-0.1, -0.05) is 30.3 Å². The zero-order valence-electron chi connectivity index (χ0n) is 10.7. The van der Waals surface area contributed by atoms with E-state index >= 15 is 0 Å². The van der Waals surface area contributed by atoms with Gasteiger partial charge in [-0.05, 0) is 30.7 Å². The maximum absolute atomic E-state index is 11.9. The van der Waals surface area contributed by atoms with Gasteiger partial charge in [-0.25, -0.2) is 0 Å². The van der Waals surface area contributed by atoms with Crippen LogP contribution in [0.15, 0.2) is 30.3 Å². The van der Waals surface area contributed by atoms with Crippen molar-refractivity contribution in [3.05, 3.63) is 35.9 Å². The minimum Gasteiger partial charge on any atom is -0.468 e. The highest BCUT2D eigenvalue weighted by Gasteiger charge is 2.49. The van der Waals surface area contributed by atoms with Crippen molar-refractivity contribution in [2.45, 2.75) is 37.9 Å². The predicted octanol–water partition coefficient (Wildman–Crippen LogP) is 2.21. The second-order valence-electron chi connectivity index (χ2n) is 5.35. The molecule has 0 unspecified atom stereocenters. The molecule has 0 aromatic heterocycles. The molecule has 96 valence electrons. The Morgan fingerprint density at radius 3 is 2.83 bits per heavy atom. The van der Waals surface area contributed by atoms with Crippen LogP contribution in [0.3, 0.4) is 0 Å². The third-order valence-electron chi connectivity index (χ3n) is 4.37. The molecular weight excluding hydrogens is 226 g/mol. The summed E-state index contributed by atoms with van der Waals surface area (Å²) >= 11 is 0. The van der Waals surface area contributed by atoms with Gasteiger partial charge in [-0.2, -0.15) is 0 Å². The molecule has 2 fully saturated rings. The number of rotatable bonds is 3. The van der Waals surface area contributed by atoms with Crippen molar-refractivity contribution in [2.24, 2.45) is 5.92 Å². The topological polar surface area (TPSA) is 29.5 Å². The van der Waals surface area contributed by atoms with E-state index in [-0.39, 0.29) is 12.0 Å². The highest BCUT2D eigenvalue weighted by Crippen LogP contribution is 2.43. The molecule has 3 heteroatoms. The van der Waals surface area contributed by atoms with Gasteiger partial charge < -0.3 is 4.74 Å². The maximum Gasteiger partial charge on any atom is 0.323 e. The van der Waals surface area contributed by atoms with Crippen molar-refractivity contribution >= 4 is 5.97 Å². The predicted molar refractivity (Wildman–Crippen MR) is 68.9 cm³/mol. The lowest BCUT2D eigenvalue weighted by Crippen LogP contribution is -2.45. The van der Waals surface area contributed by atoms with Gasteiger partial charge in [0.15, 0.2) is 0 Å². The summed E-state index contributed by atoms with van der Waals surface area (Å²) < 4.78 is 4.97. The highest BCUT2D eigenvalue weighted by molar-refractivity contribution is 5.76. The van der Waals surface area contributed by atoms with Gasteiger partial charge in [0.25, 0.3) is 0 Å². The van der Waals surface area contributed by atoms with Gasteiger partial charge in [0, 0.05) is 12.6 Å². The number of methoxy groups -OCH3 is 1. The van der Waals surface area contributed by atoms with Crippen LogP contribution in [0.4, 0.5) is 0 Å². The molecular formula is C15H19NO2. The van der Waals surface area contributed by atoms with Crippen molar-refractivity contribution in [1.29, 1.82) is 0 Å². The average Bonchev–Trinajstić information content (AvgIpc) is 3.00. The number of piperidine rings is 1. The monoisotopic (exact) mass is 245 g/mol. The molecule has 1 saturated heterocycles. The fourth-order valence-corrected chi connectivity index (χ4v) is 3.55.